The molecule has 1 unspecified atom stereocenters. The number of hydrogen-bond acceptors (Lipinski definition) is 5. The molecule has 1 aromatic heterocycles. The highest BCUT2D eigenvalue weighted by molar-refractivity contribution is 7.10. The fraction of sp³-hybridized carbons (Fsp3) is 0.333. The minimum Gasteiger partial charge on any atom is -0.334 e. The van der Waals surface area contributed by atoms with E-state index in [4.69, 9.17) is 0 Å². The van der Waals surface area contributed by atoms with Crippen LogP contribution in [0, 0.1) is 0 Å². The van der Waals surface area contributed by atoms with Gasteiger partial charge in [0, 0.05) is 30.0 Å². The van der Waals surface area contributed by atoms with Gasteiger partial charge in [-0.15, -0.1) is 11.3 Å². The third-order valence-corrected chi connectivity index (χ3v) is 6.42. The van der Waals surface area contributed by atoms with Gasteiger partial charge in [0.05, 0.1) is 6.04 Å². The Balaban J connectivity index is 1.37. The molecule has 9 heteroatoms. The smallest absolute Gasteiger partial charge is 0.315 e. The number of rotatable bonds is 5. The van der Waals surface area contributed by atoms with E-state index in [1.54, 1.807) is 17.4 Å². The van der Waals surface area contributed by atoms with Crippen LogP contribution in [0.3, 0.4) is 0 Å². The van der Waals surface area contributed by atoms with Gasteiger partial charge >= 0.3 is 6.03 Å². The summed E-state index contributed by atoms with van der Waals surface area (Å²) in [5, 5.41) is 9.96. The highest BCUT2D eigenvalue weighted by atomic mass is 32.1. The lowest BCUT2D eigenvalue weighted by molar-refractivity contribution is -0.136. The Morgan fingerprint density at radius 2 is 2.13 bits per heavy atom. The molecule has 156 valence electrons. The predicted octanol–water partition coefficient (Wildman–Crippen LogP) is 2.07. The van der Waals surface area contributed by atoms with Crippen molar-refractivity contribution in [1.29, 1.82) is 0 Å². The number of carbonyl (C=O) groups is 4. The number of piperidine rings is 1. The van der Waals surface area contributed by atoms with Crippen molar-refractivity contribution in [3.05, 3.63) is 57.3 Å². The first-order valence-corrected chi connectivity index (χ1v) is 10.6. The van der Waals surface area contributed by atoms with Crippen LogP contribution in [-0.2, 0) is 22.7 Å². The highest BCUT2D eigenvalue weighted by Gasteiger charge is 2.39. The summed E-state index contributed by atoms with van der Waals surface area (Å²) in [6.45, 7) is 2.54. The summed E-state index contributed by atoms with van der Waals surface area (Å²) < 4.78 is 0. The molecule has 30 heavy (non-hydrogen) atoms. The Bertz CT molecular complexity index is 1000. The van der Waals surface area contributed by atoms with Gasteiger partial charge in [0.15, 0.2) is 0 Å². The van der Waals surface area contributed by atoms with Crippen molar-refractivity contribution < 1.29 is 19.2 Å². The second kappa shape index (κ2) is 8.27. The number of nitrogens with zero attached hydrogens (tertiary/aromatic N) is 1. The Kier molecular flexibility index (Phi) is 5.54. The van der Waals surface area contributed by atoms with Crippen LogP contribution in [0.5, 0.6) is 0 Å². The molecule has 4 rings (SSSR count). The van der Waals surface area contributed by atoms with Gasteiger partial charge in [0.1, 0.15) is 6.04 Å². The zero-order valence-corrected chi connectivity index (χ0v) is 17.3. The van der Waals surface area contributed by atoms with Crippen LogP contribution in [0.25, 0.3) is 0 Å². The van der Waals surface area contributed by atoms with Crippen LogP contribution in [-0.4, -0.2) is 34.7 Å². The monoisotopic (exact) mass is 426 g/mol. The average molecular weight is 426 g/mol. The average Bonchev–Trinajstić information content (AvgIpc) is 3.35. The van der Waals surface area contributed by atoms with E-state index in [2.05, 4.69) is 16.0 Å². The lowest BCUT2D eigenvalue weighted by Gasteiger charge is -2.29. The van der Waals surface area contributed by atoms with Crippen molar-refractivity contribution in [3.63, 3.8) is 0 Å². The van der Waals surface area contributed by atoms with E-state index in [-0.39, 0.29) is 36.9 Å². The number of carbonyl (C=O) groups excluding carboxylic acids is 4. The van der Waals surface area contributed by atoms with Gasteiger partial charge in [-0.05, 0) is 42.0 Å². The SMILES string of the molecule is C[C@H](NC(=O)NCc1ccc2c(c1)C(=O)N(C1CCC(=O)NC1=O)C2)c1cccs1. The van der Waals surface area contributed by atoms with Crippen LogP contribution in [0.4, 0.5) is 4.79 Å². The molecule has 2 atom stereocenters. The first-order chi connectivity index (χ1) is 14.4. The third-order valence-electron chi connectivity index (χ3n) is 5.36. The molecule has 8 nitrogen and oxygen atoms in total. The molecule has 1 saturated heterocycles. The van der Waals surface area contributed by atoms with E-state index in [0.717, 1.165) is 16.0 Å². The molecule has 3 N–H and O–H groups in total. The fourth-order valence-corrected chi connectivity index (χ4v) is 4.49. The van der Waals surface area contributed by atoms with E-state index < -0.39 is 11.9 Å². The van der Waals surface area contributed by atoms with Crippen molar-refractivity contribution in [3.8, 4) is 0 Å². The first-order valence-electron chi connectivity index (χ1n) is 9.76. The van der Waals surface area contributed by atoms with Crippen molar-refractivity contribution in [1.82, 2.24) is 20.9 Å². The summed E-state index contributed by atoms with van der Waals surface area (Å²) in [4.78, 5) is 51.1. The van der Waals surface area contributed by atoms with Gasteiger partial charge in [0.25, 0.3) is 5.91 Å². The molecule has 5 amide bonds. The van der Waals surface area contributed by atoms with Crippen LogP contribution < -0.4 is 16.0 Å². The van der Waals surface area contributed by atoms with Crippen molar-refractivity contribution in [2.45, 2.75) is 44.9 Å². The fourth-order valence-electron chi connectivity index (χ4n) is 3.75. The molecule has 0 saturated carbocycles. The van der Waals surface area contributed by atoms with Gasteiger partial charge in [-0.25, -0.2) is 4.79 Å². The molecular formula is C21H22N4O4S. The van der Waals surface area contributed by atoms with Gasteiger partial charge < -0.3 is 15.5 Å². The standard InChI is InChI=1S/C21H22N4O4S/c1-12(17-3-2-8-30-17)23-21(29)22-10-13-4-5-14-11-25(20(28)15(14)9-13)16-6-7-18(26)24-19(16)27/h2-5,8-9,12,16H,6-7,10-11H2,1H3,(H2,22,23,29)(H,24,26,27)/t12-,16?/m0/s1. The third kappa shape index (κ3) is 4.06. The lowest BCUT2D eigenvalue weighted by atomic mass is 10.0. The van der Waals surface area contributed by atoms with E-state index in [1.165, 1.54) is 4.90 Å². The molecule has 3 heterocycles. The topological polar surface area (TPSA) is 108 Å². The molecule has 2 aromatic rings. The largest absolute Gasteiger partial charge is 0.334 e. The maximum absolute atomic E-state index is 12.9. The maximum Gasteiger partial charge on any atom is 0.315 e. The van der Waals surface area contributed by atoms with E-state index in [0.29, 0.717) is 18.5 Å². The molecule has 0 bridgehead atoms. The number of thiophene rings is 1. The minimum atomic E-state index is -0.631. The van der Waals surface area contributed by atoms with Crippen molar-refractivity contribution in [2.75, 3.05) is 0 Å². The van der Waals surface area contributed by atoms with Crippen molar-refractivity contribution >= 4 is 35.1 Å². The highest BCUT2D eigenvalue weighted by Crippen LogP contribution is 2.28. The van der Waals surface area contributed by atoms with E-state index >= 15 is 0 Å². The number of benzene rings is 1. The molecule has 0 radical (unpaired) electrons. The lowest BCUT2D eigenvalue weighted by Crippen LogP contribution is -2.52. The number of amides is 5. The number of imide groups is 1. The van der Waals surface area contributed by atoms with Crippen LogP contribution in [0.1, 0.15) is 52.2 Å². The summed E-state index contributed by atoms with van der Waals surface area (Å²) in [7, 11) is 0. The number of nitrogens with one attached hydrogen (secondary N) is 3. The second-order valence-corrected chi connectivity index (χ2v) is 8.43. The summed E-state index contributed by atoms with van der Waals surface area (Å²) in [6.07, 6.45) is 0.562. The van der Waals surface area contributed by atoms with Gasteiger partial charge in [-0.3, -0.25) is 19.7 Å². The Hall–Kier alpha value is -3.20. The van der Waals surface area contributed by atoms with Gasteiger partial charge in [-0.1, -0.05) is 18.2 Å². The summed E-state index contributed by atoms with van der Waals surface area (Å²) in [5.74, 6) is -0.955. The molecule has 0 spiro atoms. The van der Waals surface area contributed by atoms with Crippen LogP contribution >= 0.6 is 11.3 Å². The molecule has 2 aliphatic heterocycles. The Morgan fingerprint density at radius 1 is 1.30 bits per heavy atom. The predicted molar refractivity (Wildman–Crippen MR) is 111 cm³/mol. The molecule has 1 aromatic carbocycles. The second-order valence-electron chi connectivity index (χ2n) is 7.46. The molecule has 0 aliphatic carbocycles. The van der Waals surface area contributed by atoms with E-state index in [1.807, 2.05) is 36.6 Å². The number of hydrogen-bond donors (Lipinski definition) is 3. The van der Waals surface area contributed by atoms with Gasteiger partial charge in [0.2, 0.25) is 11.8 Å². The number of fused-ring (bicyclic) bond motifs is 1. The van der Waals surface area contributed by atoms with Crippen molar-refractivity contribution in [2.24, 2.45) is 0 Å². The molecule has 1 fully saturated rings. The molecular weight excluding hydrogens is 404 g/mol. The van der Waals surface area contributed by atoms with Crippen LogP contribution in [0.15, 0.2) is 35.7 Å². The van der Waals surface area contributed by atoms with Crippen LogP contribution in [0.2, 0.25) is 0 Å². The number of urea groups is 1. The normalized spacial score (nSPS) is 19.3. The maximum atomic E-state index is 12.9. The quantitative estimate of drug-likeness (QED) is 0.636. The summed E-state index contributed by atoms with van der Waals surface area (Å²) >= 11 is 1.58. The first kappa shape index (κ1) is 20.1. The summed E-state index contributed by atoms with van der Waals surface area (Å²) in [6, 6.07) is 8.37. The summed E-state index contributed by atoms with van der Waals surface area (Å²) in [5.41, 5.74) is 2.17. The Morgan fingerprint density at radius 3 is 2.87 bits per heavy atom. The van der Waals surface area contributed by atoms with E-state index in [9.17, 15) is 19.2 Å². The zero-order valence-electron chi connectivity index (χ0n) is 16.4. The minimum absolute atomic E-state index is 0.0892. The molecule has 2 aliphatic rings. The van der Waals surface area contributed by atoms with Gasteiger partial charge in [-0.2, -0.15) is 0 Å². The Labute approximate surface area is 177 Å². The zero-order chi connectivity index (χ0) is 21.3.